The van der Waals surface area contributed by atoms with Gasteiger partial charge in [0.2, 0.25) is 0 Å². The average molecular weight is 272 g/mol. The van der Waals surface area contributed by atoms with Gasteiger partial charge in [-0.15, -0.1) is 0 Å². The number of carbonyl (C=O) groups is 2. The number of nitrogens with zero attached hydrogens (tertiary/aromatic N) is 1. The predicted molar refractivity (Wildman–Crippen MR) is 74.5 cm³/mol. The number of aliphatic carboxylic acids is 1. The number of aromatic nitrogens is 1. The fourth-order valence-electron chi connectivity index (χ4n) is 2.64. The smallest absolute Gasteiger partial charge is 0.306 e. The molecule has 5 heteroatoms. The minimum Gasteiger partial charge on any atom is -0.481 e. The standard InChI is InChI=1S/C15H16N2O3/c1-9(15(19)20)10-7-17(8-10)14(18)12-3-2-4-13-11(12)5-6-16-13/h2-6,9-10,16H,7-8H2,1H3,(H,19,20). The molecule has 1 aliphatic heterocycles. The number of amides is 1. The first-order valence-corrected chi connectivity index (χ1v) is 6.66. The number of benzene rings is 1. The molecule has 1 amide bonds. The van der Waals surface area contributed by atoms with E-state index in [1.165, 1.54) is 0 Å². The van der Waals surface area contributed by atoms with Crippen molar-refractivity contribution in [3.63, 3.8) is 0 Å². The predicted octanol–water partition coefficient (Wildman–Crippen LogP) is 1.96. The Morgan fingerprint density at radius 3 is 2.80 bits per heavy atom. The van der Waals surface area contributed by atoms with E-state index < -0.39 is 11.9 Å². The molecule has 0 radical (unpaired) electrons. The maximum Gasteiger partial charge on any atom is 0.306 e. The van der Waals surface area contributed by atoms with Gasteiger partial charge < -0.3 is 15.0 Å². The Morgan fingerprint density at radius 1 is 1.35 bits per heavy atom. The SMILES string of the molecule is CC(C(=O)O)C1CN(C(=O)c2cccc3[nH]ccc23)C1. The summed E-state index contributed by atoms with van der Waals surface area (Å²) in [6.07, 6.45) is 1.81. The van der Waals surface area contributed by atoms with Gasteiger partial charge in [0.05, 0.1) is 5.92 Å². The number of likely N-dealkylation sites (tertiary alicyclic amines) is 1. The van der Waals surface area contributed by atoms with Crippen LogP contribution < -0.4 is 0 Å². The minimum atomic E-state index is -0.796. The number of aromatic amines is 1. The third kappa shape index (κ3) is 1.95. The highest BCUT2D eigenvalue weighted by Gasteiger charge is 2.37. The van der Waals surface area contributed by atoms with Crippen LogP contribution in [0.3, 0.4) is 0 Å². The third-order valence-corrected chi connectivity index (χ3v) is 4.12. The lowest BCUT2D eigenvalue weighted by Crippen LogP contribution is -2.53. The second kappa shape index (κ2) is 4.67. The van der Waals surface area contributed by atoms with Crippen molar-refractivity contribution in [3.8, 4) is 0 Å². The fourth-order valence-corrected chi connectivity index (χ4v) is 2.64. The van der Waals surface area contributed by atoms with E-state index in [1.807, 2.05) is 30.5 Å². The van der Waals surface area contributed by atoms with Gasteiger partial charge in [-0.1, -0.05) is 13.0 Å². The highest BCUT2D eigenvalue weighted by molar-refractivity contribution is 6.06. The van der Waals surface area contributed by atoms with E-state index >= 15 is 0 Å². The van der Waals surface area contributed by atoms with Crippen molar-refractivity contribution in [2.75, 3.05) is 13.1 Å². The van der Waals surface area contributed by atoms with Gasteiger partial charge in [-0.05, 0) is 18.2 Å². The second-order valence-electron chi connectivity index (χ2n) is 5.34. The highest BCUT2D eigenvalue weighted by Crippen LogP contribution is 2.27. The Balaban J connectivity index is 1.76. The number of hydrogen-bond acceptors (Lipinski definition) is 2. The quantitative estimate of drug-likeness (QED) is 0.897. The number of carboxylic acids is 1. The topological polar surface area (TPSA) is 73.4 Å². The fraction of sp³-hybridized carbons (Fsp3) is 0.333. The van der Waals surface area contributed by atoms with Gasteiger partial charge in [0.25, 0.3) is 5.91 Å². The molecule has 5 nitrogen and oxygen atoms in total. The zero-order valence-electron chi connectivity index (χ0n) is 11.2. The zero-order valence-corrected chi connectivity index (χ0v) is 11.2. The van der Waals surface area contributed by atoms with Crippen LogP contribution in [0.4, 0.5) is 0 Å². The molecule has 1 aliphatic rings. The van der Waals surface area contributed by atoms with E-state index in [9.17, 15) is 9.59 Å². The molecule has 3 rings (SSSR count). The molecule has 20 heavy (non-hydrogen) atoms. The van der Waals surface area contributed by atoms with E-state index in [-0.39, 0.29) is 11.8 Å². The van der Waals surface area contributed by atoms with Crippen LogP contribution in [0.5, 0.6) is 0 Å². The molecule has 1 aromatic carbocycles. The number of fused-ring (bicyclic) bond motifs is 1. The maximum absolute atomic E-state index is 12.4. The Labute approximate surface area is 116 Å². The summed E-state index contributed by atoms with van der Waals surface area (Å²) in [5.74, 6) is -1.16. The van der Waals surface area contributed by atoms with Crippen LogP contribution in [0.2, 0.25) is 0 Å². The van der Waals surface area contributed by atoms with Crippen LogP contribution in [0.15, 0.2) is 30.5 Å². The Hall–Kier alpha value is -2.30. The molecule has 0 bridgehead atoms. The first-order chi connectivity index (χ1) is 9.58. The van der Waals surface area contributed by atoms with Crippen molar-refractivity contribution in [2.45, 2.75) is 6.92 Å². The van der Waals surface area contributed by atoms with Gasteiger partial charge in [0, 0.05) is 41.7 Å². The van der Waals surface area contributed by atoms with Crippen molar-refractivity contribution in [3.05, 3.63) is 36.0 Å². The number of H-pyrrole nitrogens is 1. The van der Waals surface area contributed by atoms with Gasteiger partial charge in [0.1, 0.15) is 0 Å². The first-order valence-electron chi connectivity index (χ1n) is 6.66. The summed E-state index contributed by atoms with van der Waals surface area (Å²) in [5.41, 5.74) is 1.61. The van der Waals surface area contributed by atoms with Crippen LogP contribution in [0, 0.1) is 11.8 Å². The molecule has 1 atom stereocenters. The monoisotopic (exact) mass is 272 g/mol. The molecule has 1 aromatic heterocycles. The lowest BCUT2D eigenvalue weighted by atomic mass is 9.86. The summed E-state index contributed by atoms with van der Waals surface area (Å²) in [5, 5.41) is 9.87. The minimum absolute atomic E-state index is 0.0240. The largest absolute Gasteiger partial charge is 0.481 e. The van der Waals surface area contributed by atoms with Crippen LogP contribution in [-0.2, 0) is 4.79 Å². The van der Waals surface area contributed by atoms with E-state index in [1.54, 1.807) is 11.8 Å². The molecule has 1 saturated heterocycles. The maximum atomic E-state index is 12.4. The Bertz CT molecular complexity index is 671. The number of rotatable bonds is 3. The number of carboxylic acid groups (broad SMARTS) is 1. The van der Waals surface area contributed by atoms with Crippen LogP contribution in [0.25, 0.3) is 10.9 Å². The van der Waals surface area contributed by atoms with E-state index in [4.69, 9.17) is 5.11 Å². The second-order valence-corrected chi connectivity index (χ2v) is 5.34. The molecular formula is C15H16N2O3. The normalized spacial score (nSPS) is 16.9. The van der Waals surface area contributed by atoms with Crippen LogP contribution in [0.1, 0.15) is 17.3 Å². The van der Waals surface area contributed by atoms with Gasteiger partial charge in [-0.25, -0.2) is 0 Å². The lowest BCUT2D eigenvalue weighted by Gasteiger charge is -2.41. The summed E-state index contributed by atoms with van der Waals surface area (Å²) < 4.78 is 0. The summed E-state index contributed by atoms with van der Waals surface area (Å²) in [6.45, 7) is 2.74. The molecule has 2 heterocycles. The van der Waals surface area contributed by atoms with Crippen LogP contribution >= 0.6 is 0 Å². The summed E-state index contributed by atoms with van der Waals surface area (Å²) >= 11 is 0. The van der Waals surface area contributed by atoms with Crippen molar-refractivity contribution in [1.82, 2.24) is 9.88 Å². The van der Waals surface area contributed by atoms with Crippen LogP contribution in [-0.4, -0.2) is 40.0 Å². The average Bonchev–Trinajstić information content (AvgIpc) is 2.84. The highest BCUT2D eigenvalue weighted by atomic mass is 16.4. The molecular weight excluding hydrogens is 256 g/mol. The van der Waals surface area contributed by atoms with Gasteiger partial charge in [-0.3, -0.25) is 9.59 Å². The number of nitrogens with one attached hydrogen (secondary N) is 1. The van der Waals surface area contributed by atoms with Crippen molar-refractivity contribution in [2.24, 2.45) is 11.8 Å². The zero-order chi connectivity index (χ0) is 14.3. The molecule has 1 fully saturated rings. The number of hydrogen-bond donors (Lipinski definition) is 2. The van der Waals surface area contributed by atoms with Gasteiger partial charge >= 0.3 is 5.97 Å². The number of carbonyl (C=O) groups excluding carboxylic acids is 1. The summed E-state index contributed by atoms with van der Waals surface area (Å²) in [7, 11) is 0. The van der Waals surface area contributed by atoms with Crippen molar-refractivity contribution >= 4 is 22.8 Å². The molecule has 0 saturated carbocycles. The molecule has 1 unspecified atom stereocenters. The van der Waals surface area contributed by atoms with Gasteiger partial charge in [-0.2, -0.15) is 0 Å². The summed E-state index contributed by atoms with van der Waals surface area (Å²) in [6, 6.07) is 7.48. The molecule has 0 aliphatic carbocycles. The molecule has 2 aromatic rings. The Morgan fingerprint density at radius 2 is 2.10 bits per heavy atom. The van der Waals surface area contributed by atoms with Crippen molar-refractivity contribution < 1.29 is 14.7 Å². The van der Waals surface area contributed by atoms with E-state index in [2.05, 4.69) is 4.98 Å². The first kappa shape index (κ1) is 12.7. The van der Waals surface area contributed by atoms with E-state index in [0.29, 0.717) is 18.7 Å². The molecule has 104 valence electrons. The molecule has 2 N–H and O–H groups in total. The third-order valence-electron chi connectivity index (χ3n) is 4.12. The molecule has 0 spiro atoms. The van der Waals surface area contributed by atoms with Gasteiger partial charge in [0.15, 0.2) is 0 Å². The summed E-state index contributed by atoms with van der Waals surface area (Å²) in [4.78, 5) is 28.2. The van der Waals surface area contributed by atoms with E-state index in [0.717, 1.165) is 10.9 Å². The van der Waals surface area contributed by atoms with Crippen molar-refractivity contribution in [1.29, 1.82) is 0 Å². The Kier molecular flexibility index (Phi) is 2.97. The lowest BCUT2D eigenvalue weighted by molar-refractivity contribution is -0.144.